The van der Waals surface area contributed by atoms with Crippen LogP contribution in [0.2, 0.25) is 0 Å². The summed E-state index contributed by atoms with van der Waals surface area (Å²) >= 11 is 0. The molecule has 1 heterocycles. The van der Waals surface area contributed by atoms with Crippen molar-refractivity contribution in [2.75, 3.05) is 24.5 Å². The summed E-state index contributed by atoms with van der Waals surface area (Å²) in [4.78, 5) is 2.75. The van der Waals surface area contributed by atoms with Crippen LogP contribution in [-0.4, -0.2) is 28.1 Å². The summed E-state index contributed by atoms with van der Waals surface area (Å²) in [6, 6.07) is 15.7. The average molecular weight is 387 g/mol. The first-order valence-electron chi connectivity index (χ1n) is 9.89. The van der Waals surface area contributed by atoms with Crippen molar-refractivity contribution in [3.8, 4) is 0 Å². The molecule has 1 fully saturated rings. The van der Waals surface area contributed by atoms with E-state index in [1.54, 1.807) is 12.1 Å². The Morgan fingerprint density at radius 3 is 2.15 bits per heavy atom. The van der Waals surface area contributed by atoms with Gasteiger partial charge in [0.25, 0.3) is 0 Å². The maximum absolute atomic E-state index is 12.4. The molecule has 0 spiro atoms. The minimum atomic E-state index is -3.46. The largest absolute Gasteiger partial charge is 0.372 e. The lowest BCUT2D eigenvalue weighted by molar-refractivity contribution is 0.577. The van der Waals surface area contributed by atoms with Gasteiger partial charge in [0.15, 0.2) is 0 Å². The van der Waals surface area contributed by atoms with E-state index in [0.29, 0.717) is 23.8 Å². The number of rotatable bonds is 7. The quantitative estimate of drug-likeness (QED) is 0.771. The Morgan fingerprint density at radius 2 is 1.56 bits per heavy atom. The van der Waals surface area contributed by atoms with Crippen LogP contribution in [0, 0.1) is 0 Å². The number of nitrogens with zero attached hydrogens (tertiary/aromatic N) is 1. The summed E-state index contributed by atoms with van der Waals surface area (Å²) in [6.45, 7) is 6.86. The Bertz CT molecular complexity index is 822. The fraction of sp³-hybridized carbons (Fsp3) is 0.455. The number of hydrogen-bond donors (Lipinski definition) is 1. The van der Waals surface area contributed by atoms with Gasteiger partial charge in [-0.1, -0.05) is 38.1 Å². The van der Waals surface area contributed by atoms with Gasteiger partial charge in [-0.25, -0.2) is 13.1 Å². The van der Waals surface area contributed by atoms with Crippen LogP contribution in [0.3, 0.4) is 0 Å². The minimum absolute atomic E-state index is 0.326. The van der Waals surface area contributed by atoms with Crippen LogP contribution in [-0.2, 0) is 16.4 Å². The summed E-state index contributed by atoms with van der Waals surface area (Å²) in [6.07, 6.45) is 4.54. The Hall–Kier alpha value is -1.85. The summed E-state index contributed by atoms with van der Waals surface area (Å²) in [5.74, 6) is 0.391. The van der Waals surface area contributed by atoms with Gasteiger partial charge in [-0.05, 0) is 67.0 Å². The van der Waals surface area contributed by atoms with E-state index in [0.717, 1.165) is 24.2 Å². The van der Waals surface area contributed by atoms with Crippen molar-refractivity contribution < 1.29 is 8.42 Å². The molecule has 5 heteroatoms. The number of anilines is 1. The number of benzene rings is 2. The van der Waals surface area contributed by atoms with E-state index in [2.05, 4.69) is 47.7 Å². The van der Waals surface area contributed by atoms with E-state index in [4.69, 9.17) is 0 Å². The predicted molar refractivity (Wildman–Crippen MR) is 112 cm³/mol. The van der Waals surface area contributed by atoms with Crippen molar-refractivity contribution in [1.82, 2.24) is 4.72 Å². The Kier molecular flexibility index (Phi) is 6.55. The molecule has 3 rings (SSSR count). The van der Waals surface area contributed by atoms with Crippen molar-refractivity contribution in [2.24, 2.45) is 0 Å². The average Bonchev–Trinajstić information content (AvgIpc) is 2.69. The van der Waals surface area contributed by atoms with Crippen molar-refractivity contribution in [3.63, 3.8) is 0 Å². The molecule has 0 bridgehead atoms. The normalized spacial score (nSPS) is 15.3. The van der Waals surface area contributed by atoms with Crippen molar-refractivity contribution in [1.29, 1.82) is 0 Å². The molecule has 1 aliphatic rings. The third kappa shape index (κ3) is 5.33. The van der Waals surface area contributed by atoms with Gasteiger partial charge in [-0.15, -0.1) is 0 Å². The molecule has 0 amide bonds. The number of hydrogen-bond acceptors (Lipinski definition) is 3. The number of sulfonamides is 1. The highest BCUT2D eigenvalue weighted by atomic mass is 32.2. The second-order valence-electron chi connectivity index (χ2n) is 7.59. The van der Waals surface area contributed by atoms with Crippen LogP contribution in [0.25, 0.3) is 0 Å². The van der Waals surface area contributed by atoms with Crippen molar-refractivity contribution in [2.45, 2.75) is 50.3 Å². The van der Waals surface area contributed by atoms with Gasteiger partial charge >= 0.3 is 0 Å². The first-order valence-corrected chi connectivity index (χ1v) is 11.4. The topological polar surface area (TPSA) is 49.4 Å². The van der Waals surface area contributed by atoms with Gasteiger partial charge in [-0.2, -0.15) is 0 Å². The zero-order valence-corrected chi connectivity index (χ0v) is 17.1. The van der Waals surface area contributed by atoms with Gasteiger partial charge in [0.1, 0.15) is 0 Å². The van der Waals surface area contributed by atoms with E-state index in [-0.39, 0.29) is 0 Å². The second kappa shape index (κ2) is 8.89. The van der Waals surface area contributed by atoms with E-state index in [1.807, 2.05) is 12.1 Å². The van der Waals surface area contributed by atoms with Crippen LogP contribution < -0.4 is 9.62 Å². The molecule has 1 saturated heterocycles. The fourth-order valence-electron chi connectivity index (χ4n) is 3.47. The van der Waals surface area contributed by atoms with Crippen LogP contribution in [0.1, 0.15) is 50.2 Å². The monoisotopic (exact) mass is 386 g/mol. The van der Waals surface area contributed by atoms with E-state index in [9.17, 15) is 8.42 Å². The van der Waals surface area contributed by atoms with Crippen molar-refractivity contribution >= 4 is 15.7 Å². The molecule has 4 nitrogen and oxygen atoms in total. The smallest absolute Gasteiger partial charge is 0.240 e. The molecular formula is C22H30N2O2S. The molecule has 0 aromatic heterocycles. The van der Waals surface area contributed by atoms with Gasteiger partial charge < -0.3 is 4.90 Å². The lowest BCUT2D eigenvalue weighted by Crippen LogP contribution is -2.29. The van der Waals surface area contributed by atoms with E-state index < -0.39 is 10.0 Å². The fourth-order valence-corrected chi connectivity index (χ4v) is 4.50. The van der Waals surface area contributed by atoms with Crippen LogP contribution in [0.15, 0.2) is 53.4 Å². The Morgan fingerprint density at radius 1 is 0.926 bits per heavy atom. The lowest BCUT2D eigenvalue weighted by Gasteiger charge is -2.28. The molecule has 2 aromatic rings. The van der Waals surface area contributed by atoms with Gasteiger partial charge in [-0.3, -0.25) is 0 Å². The molecule has 0 radical (unpaired) electrons. The van der Waals surface area contributed by atoms with E-state index >= 15 is 0 Å². The number of nitrogens with one attached hydrogen (secondary N) is 1. The second-order valence-corrected chi connectivity index (χ2v) is 9.35. The van der Waals surface area contributed by atoms with Crippen molar-refractivity contribution in [3.05, 3.63) is 59.7 Å². The third-order valence-electron chi connectivity index (χ3n) is 5.22. The molecule has 0 saturated carbocycles. The molecule has 0 unspecified atom stereocenters. The van der Waals surface area contributed by atoms with Crippen LogP contribution in [0.5, 0.6) is 0 Å². The SMILES string of the molecule is CC(C)c1ccc(S(=O)(=O)NCCc2ccc(N3CCCCC3)cc2)cc1. The maximum Gasteiger partial charge on any atom is 0.240 e. The molecular weight excluding hydrogens is 356 g/mol. The first kappa shape index (κ1) is 19.9. The highest BCUT2D eigenvalue weighted by Gasteiger charge is 2.14. The zero-order valence-electron chi connectivity index (χ0n) is 16.3. The predicted octanol–water partition coefficient (Wildman–Crippen LogP) is 4.32. The van der Waals surface area contributed by atoms with Crippen LogP contribution in [0.4, 0.5) is 5.69 Å². The van der Waals surface area contributed by atoms with Gasteiger partial charge in [0.2, 0.25) is 10.0 Å². The zero-order chi connectivity index (χ0) is 19.3. The molecule has 0 aliphatic carbocycles. The van der Waals surface area contributed by atoms with Gasteiger partial charge in [0, 0.05) is 25.3 Å². The van der Waals surface area contributed by atoms with E-state index in [1.165, 1.54) is 24.9 Å². The summed E-state index contributed by atoms with van der Waals surface area (Å²) < 4.78 is 27.6. The van der Waals surface area contributed by atoms with Gasteiger partial charge in [0.05, 0.1) is 4.90 Å². The number of piperidine rings is 1. The molecule has 1 N–H and O–H groups in total. The Balaban J connectivity index is 1.53. The summed E-state index contributed by atoms with van der Waals surface area (Å²) in [5, 5.41) is 0. The first-order chi connectivity index (χ1) is 13.0. The lowest BCUT2D eigenvalue weighted by atomic mass is 10.0. The standard InChI is InChI=1S/C22H30N2O2S/c1-18(2)20-8-12-22(13-9-20)27(25,26)23-15-14-19-6-10-21(11-7-19)24-16-4-3-5-17-24/h6-13,18,23H,3-5,14-17H2,1-2H3. The highest BCUT2D eigenvalue weighted by molar-refractivity contribution is 7.89. The third-order valence-corrected chi connectivity index (χ3v) is 6.70. The molecule has 1 aliphatic heterocycles. The van der Waals surface area contributed by atoms with Crippen LogP contribution >= 0.6 is 0 Å². The maximum atomic E-state index is 12.4. The molecule has 146 valence electrons. The molecule has 2 aromatic carbocycles. The Labute approximate surface area is 163 Å². The highest BCUT2D eigenvalue weighted by Crippen LogP contribution is 2.20. The summed E-state index contributed by atoms with van der Waals surface area (Å²) in [5.41, 5.74) is 3.56. The molecule has 27 heavy (non-hydrogen) atoms. The molecule has 0 atom stereocenters. The minimum Gasteiger partial charge on any atom is -0.372 e. The summed E-state index contributed by atoms with van der Waals surface area (Å²) in [7, 11) is -3.46.